The third-order valence-corrected chi connectivity index (χ3v) is 5.95. The van der Waals surface area contributed by atoms with E-state index in [9.17, 15) is 8.42 Å². The number of hydrogen-bond donors (Lipinski definition) is 1. The molecule has 1 saturated heterocycles. The fourth-order valence-corrected chi connectivity index (χ4v) is 4.04. The van der Waals surface area contributed by atoms with E-state index in [2.05, 4.69) is 5.32 Å². The van der Waals surface area contributed by atoms with E-state index in [0.29, 0.717) is 32.0 Å². The van der Waals surface area contributed by atoms with Crippen molar-refractivity contribution in [2.75, 3.05) is 39.1 Å². The zero-order valence-corrected chi connectivity index (χ0v) is 12.6. The summed E-state index contributed by atoms with van der Waals surface area (Å²) in [6.45, 7) is 2.95. The molecule has 1 aliphatic carbocycles. The molecule has 1 saturated carbocycles. The number of piperidine rings is 1. The lowest BCUT2D eigenvalue weighted by Crippen LogP contribution is -2.42. The summed E-state index contributed by atoms with van der Waals surface area (Å²) in [5.74, 6) is 0.859. The number of nitrogens with zero attached hydrogens (tertiary/aromatic N) is 1. The Kier molecular flexibility index (Phi) is 5.62. The van der Waals surface area contributed by atoms with E-state index < -0.39 is 10.0 Å². The fourth-order valence-electron chi connectivity index (χ4n) is 2.53. The van der Waals surface area contributed by atoms with Crippen molar-refractivity contribution in [1.82, 2.24) is 9.62 Å². The van der Waals surface area contributed by atoms with Gasteiger partial charge in [-0.2, -0.15) is 0 Å². The maximum Gasteiger partial charge on any atom is 0.214 e. The van der Waals surface area contributed by atoms with E-state index in [4.69, 9.17) is 4.74 Å². The zero-order valence-electron chi connectivity index (χ0n) is 11.8. The second-order valence-electron chi connectivity index (χ2n) is 5.69. The standard InChI is InChI=1S/C13H26N2O3S/c1-18-9-2-10-19(16,17)15-7-5-12(6-8-15)11-14-13-3-4-13/h12-14H,2-11H2,1H3. The van der Waals surface area contributed by atoms with Crippen LogP contribution in [0.1, 0.15) is 32.1 Å². The first-order valence-corrected chi connectivity index (χ1v) is 8.93. The van der Waals surface area contributed by atoms with Gasteiger partial charge in [-0.3, -0.25) is 0 Å². The van der Waals surface area contributed by atoms with Crippen LogP contribution in [0.2, 0.25) is 0 Å². The average molecular weight is 290 g/mol. The van der Waals surface area contributed by atoms with Gasteiger partial charge in [-0.05, 0) is 44.6 Å². The molecule has 112 valence electrons. The summed E-state index contributed by atoms with van der Waals surface area (Å²) in [6.07, 6.45) is 5.19. The first kappa shape index (κ1) is 15.2. The maximum atomic E-state index is 12.1. The van der Waals surface area contributed by atoms with Crippen LogP contribution in [0.15, 0.2) is 0 Å². The Labute approximate surface area is 116 Å². The quantitative estimate of drug-likeness (QED) is 0.672. The highest BCUT2D eigenvalue weighted by molar-refractivity contribution is 7.89. The van der Waals surface area contributed by atoms with Crippen molar-refractivity contribution in [2.45, 2.75) is 38.1 Å². The molecule has 2 rings (SSSR count). The largest absolute Gasteiger partial charge is 0.385 e. The number of sulfonamides is 1. The summed E-state index contributed by atoms with van der Waals surface area (Å²) in [4.78, 5) is 0. The minimum absolute atomic E-state index is 0.214. The Morgan fingerprint density at radius 3 is 2.47 bits per heavy atom. The van der Waals surface area contributed by atoms with Gasteiger partial charge in [-0.15, -0.1) is 0 Å². The van der Waals surface area contributed by atoms with Gasteiger partial charge in [0, 0.05) is 32.8 Å². The first-order chi connectivity index (χ1) is 9.12. The molecule has 1 N–H and O–H groups in total. The molecule has 1 aliphatic heterocycles. The predicted molar refractivity (Wildman–Crippen MR) is 75.6 cm³/mol. The van der Waals surface area contributed by atoms with Crippen molar-refractivity contribution in [2.24, 2.45) is 5.92 Å². The molecule has 0 aromatic rings. The molecule has 2 fully saturated rings. The molecule has 1 heterocycles. The fraction of sp³-hybridized carbons (Fsp3) is 1.00. The van der Waals surface area contributed by atoms with Crippen molar-refractivity contribution in [3.8, 4) is 0 Å². The molecule has 0 atom stereocenters. The van der Waals surface area contributed by atoms with Crippen molar-refractivity contribution >= 4 is 10.0 Å². The predicted octanol–water partition coefficient (Wildman–Crippen LogP) is 0.817. The molecule has 0 spiro atoms. The van der Waals surface area contributed by atoms with E-state index in [1.165, 1.54) is 12.8 Å². The summed E-state index contributed by atoms with van der Waals surface area (Å²) < 4.78 is 30.8. The van der Waals surface area contributed by atoms with E-state index in [1.807, 2.05) is 0 Å². The maximum absolute atomic E-state index is 12.1. The van der Waals surface area contributed by atoms with Gasteiger partial charge in [-0.1, -0.05) is 0 Å². The Morgan fingerprint density at radius 1 is 1.21 bits per heavy atom. The summed E-state index contributed by atoms with van der Waals surface area (Å²) in [6, 6.07) is 0.746. The molecular weight excluding hydrogens is 264 g/mol. The Morgan fingerprint density at radius 2 is 1.89 bits per heavy atom. The highest BCUT2D eigenvalue weighted by atomic mass is 32.2. The van der Waals surface area contributed by atoms with Crippen LogP contribution in [-0.2, 0) is 14.8 Å². The topological polar surface area (TPSA) is 58.6 Å². The number of hydrogen-bond acceptors (Lipinski definition) is 4. The first-order valence-electron chi connectivity index (χ1n) is 7.32. The van der Waals surface area contributed by atoms with Gasteiger partial charge in [0.05, 0.1) is 5.75 Å². The number of nitrogens with one attached hydrogen (secondary N) is 1. The van der Waals surface area contributed by atoms with Crippen LogP contribution in [0.5, 0.6) is 0 Å². The molecule has 5 nitrogen and oxygen atoms in total. The molecule has 2 aliphatic rings. The summed E-state index contributed by atoms with van der Waals surface area (Å²) in [5, 5.41) is 3.54. The van der Waals surface area contributed by atoms with Crippen LogP contribution < -0.4 is 5.32 Å². The van der Waals surface area contributed by atoms with Crippen molar-refractivity contribution in [3.05, 3.63) is 0 Å². The van der Waals surface area contributed by atoms with E-state index in [1.54, 1.807) is 11.4 Å². The minimum Gasteiger partial charge on any atom is -0.385 e. The van der Waals surface area contributed by atoms with Gasteiger partial charge in [0.1, 0.15) is 0 Å². The molecule has 0 aromatic heterocycles. The lowest BCUT2D eigenvalue weighted by Gasteiger charge is -2.31. The highest BCUT2D eigenvalue weighted by Crippen LogP contribution is 2.23. The third-order valence-electron chi connectivity index (χ3n) is 3.99. The molecule has 19 heavy (non-hydrogen) atoms. The van der Waals surface area contributed by atoms with Crippen LogP contribution in [0, 0.1) is 5.92 Å². The monoisotopic (exact) mass is 290 g/mol. The zero-order chi connectivity index (χ0) is 13.7. The van der Waals surface area contributed by atoms with Gasteiger partial charge in [0.15, 0.2) is 0 Å². The van der Waals surface area contributed by atoms with Crippen LogP contribution in [-0.4, -0.2) is 57.9 Å². The highest BCUT2D eigenvalue weighted by Gasteiger charge is 2.28. The molecule has 0 unspecified atom stereocenters. The summed E-state index contributed by atoms with van der Waals surface area (Å²) in [7, 11) is -1.46. The molecular formula is C13H26N2O3S. The molecule has 0 bridgehead atoms. The van der Waals surface area contributed by atoms with Crippen LogP contribution >= 0.6 is 0 Å². The summed E-state index contributed by atoms with van der Waals surface area (Å²) >= 11 is 0. The van der Waals surface area contributed by atoms with E-state index >= 15 is 0 Å². The third kappa shape index (κ3) is 5.02. The number of ether oxygens (including phenoxy) is 1. The van der Waals surface area contributed by atoms with Gasteiger partial charge in [-0.25, -0.2) is 12.7 Å². The smallest absolute Gasteiger partial charge is 0.214 e. The Bertz CT molecular complexity index is 360. The molecule has 0 radical (unpaired) electrons. The molecule has 0 aromatic carbocycles. The molecule has 6 heteroatoms. The Balaban J connectivity index is 1.68. The van der Waals surface area contributed by atoms with Crippen LogP contribution in [0.4, 0.5) is 0 Å². The van der Waals surface area contributed by atoms with Gasteiger partial charge in [0.25, 0.3) is 0 Å². The SMILES string of the molecule is COCCCS(=O)(=O)N1CCC(CNC2CC2)CC1. The van der Waals surface area contributed by atoms with Gasteiger partial charge >= 0.3 is 0 Å². The minimum atomic E-state index is -3.07. The van der Waals surface area contributed by atoms with E-state index in [-0.39, 0.29) is 5.75 Å². The molecule has 0 amide bonds. The van der Waals surface area contributed by atoms with E-state index in [0.717, 1.165) is 25.4 Å². The second kappa shape index (κ2) is 7.02. The second-order valence-corrected chi connectivity index (χ2v) is 7.78. The average Bonchev–Trinajstić information content (AvgIpc) is 3.21. The normalized spacial score (nSPS) is 22.8. The number of methoxy groups -OCH3 is 1. The van der Waals surface area contributed by atoms with Crippen LogP contribution in [0.25, 0.3) is 0 Å². The van der Waals surface area contributed by atoms with Crippen molar-refractivity contribution < 1.29 is 13.2 Å². The van der Waals surface area contributed by atoms with Gasteiger partial charge in [0.2, 0.25) is 10.0 Å². The summed E-state index contributed by atoms with van der Waals surface area (Å²) in [5.41, 5.74) is 0. The van der Waals surface area contributed by atoms with Crippen LogP contribution in [0.3, 0.4) is 0 Å². The van der Waals surface area contributed by atoms with Crippen molar-refractivity contribution in [1.29, 1.82) is 0 Å². The lowest BCUT2D eigenvalue weighted by atomic mass is 9.98. The van der Waals surface area contributed by atoms with Crippen molar-refractivity contribution in [3.63, 3.8) is 0 Å². The number of rotatable bonds is 8. The van der Waals surface area contributed by atoms with Gasteiger partial charge < -0.3 is 10.1 Å². The lowest BCUT2D eigenvalue weighted by molar-refractivity contribution is 0.198. The Hall–Kier alpha value is -0.170.